The van der Waals surface area contributed by atoms with Crippen molar-refractivity contribution in [2.75, 3.05) is 14.2 Å². The normalized spacial score (nSPS) is 12.1. The summed E-state index contributed by atoms with van der Waals surface area (Å²) in [7, 11) is 3.33. The maximum atomic E-state index is 6.74. The second-order valence-electron chi connectivity index (χ2n) is 4.89. The van der Waals surface area contributed by atoms with E-state index in [-0.39, 0.29) is 5.38 Å². The van der Waals surface area contributed by atoms with Crippen LogP contribution in [0.25, 0.3) is 0 Å². The molecule has 0 heterocycles. The second-order valence-corrected chi connectivity index (χ2v) is 6.18. The van der Waals surface area contributed by atoms with Crippen LogP contribution in [0.2, 0.25) is 0 Å². The first-order valence-electron chi connectivity index (χ1n) is 6.61. The molecular formula is C17H18BrClO2. The molecule has 0 saturated carbocycles. The van der Waals surface area contributed by atoms with Crippen LogP contribution < -0.4 is 9.47 Å². The Kier molecular flexibility index (Phi) is 5.17. The molecule has 0 saturated heterocycles. The largest absolute Gasteiger partial charge is 0.497 e. The van der Waals surface area contributed by atoms with Crippen molar-refractivity contribution in [2.24, 2.45) is 0 Å². The zero-order chi connectivity index (χ0) is 15.6. The van der Waals surface area contributed by atoms with Gasteiger partial charge in [-0.1, -0.05) is 28.1 Å². The highest BCUT2D eigenvalue weighted by Crippen LogP contribution is 2.42. The van der Waals surface area contributed by atoms with E-state index in [1.54, 1.807) is 14.2 Å². The standard InChI is InChI=1S/C17H18BrClO2/c1-10-8-14(18)11(2)15(17(10)21-4)16(19)12-6-5-7-13(9-12)20-3/h5-9,16H,1-4H3. The van der Waals surface area contributed by atoms with Crippen LogP contribution in [-0.2, 0) is 0 Å². The lowest BCUT2D eigenvalue weighted by molar-refractivity contribution is 0.406. The lowest BCUT2D eigenvalue weighted by atomic mass is 9.96. The van der Waals surface area contributed by atoms with Gasteiger partial charge in [0, 0.05) is 10.0 Å². The van der Waals surface area contributed by atoms with Crippen molar-refractivity contribution in [1.82, 2.24) is 0 Å². The first kappa shape index (κ1) is 16.2. The van der Waals surface area contributed by atoms with Gasteiger partial charge in [0.1, 0.15) is 11.5 Å². The molecule has 2 nitrogen and oxygen atoms in total. The molecule has 0 aliphatic carbocycles. The number of hydrogen-bond acceptors (Lipinski definition) is 2. The van der Waals surface area contributed by atoms with Crippen molar-refractivity contribution in [2.45, 2.75) is 19.2 Å². The Morgan fingerprint density at radius 3 is 2.43 bits per heavy atom. The molecule has 1 unspecified atom stereocenters. The van der Waals surface area contributed by atoms with Gasteiger partial charge in [0.25, 0.3) is 0 Å². The van der Waals surface area contributed by atoms with Gasteiger partial charge in [0.15, 0.2) is 0 Å². The van der Waals surface area contributed by atoms with Gasteiger partial charge in [0.2, 0.25) is 0 Å². The predicted molar refractivity (Wildman–Crippen MR) is 90.9 cm³/mol. The molecule has 0 amide bonds. The summed E-state index contributed by atoms with van der Waals surface area (Å²) in [5.74, 6) is 1.63. The monoisotopic (exact) mass is 368 g/mol. The number of aryl methyl sites for hydroxylation is 1. The maximum absolute atomic E-state index is 6.74. The van der Waals surface area contributed by atoms with E-state index in [1.165, 1.54) is 0 Å². The van der Waals surface area contributed by atoms with E-state index in [2.05, 4.69) is 15.9 Å². The van der Waals surface area contributed by atoms with E-state index < -0.39 is 0 Å². The molecule has 0 aliphatic rings. The average Bonchev–Trinajstić information content (AvgIpc) is 2.50. The quantitative estimate of drug-likeness (QED) is 0.671. The second kappa shape index (κ2) is 6.71. The minimum Gasteiger partial charge on any atom is -0.497 e. The van der Waals surface area contributed by atoms with Crippen LogP contribution in [0, 0.1) is 13.8 Å². The molecule has 4 heteroatoms. The smallest absolute Gasteiger partial charge is 0.127 e. The molecule has 2 aromatic rings. The van der Waals surface area contributed by atoms with Crippen molar-refractivity contribution < 1.29 is 9.47 Å². The van der Waals surface area contributed by atoms with E-state index in [9.17, 15) is 0 Å². The van der Waals surface area contributed by atoms with Crippen LogP contribution in [0.4, 0.5) is 0 Å². The molecule has 0 aromatic heterocycles. The molecular weight excluding hydrogens is 352 g/mol. The minimum atomic E-state index is -0.300. The van der Waals surface area contributed by atoms with Gasteiger partial charge >= 0.3 is 0 Å². The third-order valence-corrected chi connectivity index (χ3v) is 4.85. The molecule has 0 aliphatic heterocycles. The van der Waals surface area contributed by atoms with Crippen molar-refractivity contribution >= 4 is 27.5 Å². The highest BCUT2D eigenvalue weighted by atomic mass is 79.9. The number of alkyl halides is 1. The third-order valence-electron chi connectivity index (χ3n) is 3.55. The van der Waals surface area contributed by atoms with E-state index in [1.807, 2.05) is 44.2 Å². The van der Waals surface area contributed by atoms with E-state index in [0.29, 0.717) is 0 Å². The Balaban J connectivity index is 2.59. The summed E-state index contributed by atoms with van der Waals surface area (Å²) in [5.41, 5.74) is 4.10. The number of ether oxygens (including phenoxy) is 2. The number of benzene rings is 2. The number of rotatable bonds is 4. The van der Waals surface area contributed by atoms with E-state index in [0.717, 1.165) is 38.2 Å². The third kappa shape index (κ3) is 3.19. The molecule has 0 spiro atoms. The first-order chi connectivity index (χ1) is 9.99. The fourth-order valence-electron chi connectivity index (χ4n) is 2.42. The van der Waals surface area contributed by atoms with Gasteiger partial charge in [-0.25, -0.2) is 0 Å². The summed E-state index contributed by atoms with van der Waals surface area (Å²) in [6, 6.07) is 9.84. The molecule has 0 bridgehead atoms. The summed E-state index contributed by atoms with van der Waals surface area (Å²) < 4.78 is 11.9. The number of hydrogen-bond donors (Lipinski definition) is 0. The average molecular weight is 370 g/mol. The Morgan fingerprint density at radius 1 is 1.10 bits per heavy atom. The van der Waals surface area contributed by atoms with E-state index in [4.69, 9.17) is 21.1 Å². The van der Waals surface area contributed by atoms with Crippen molar-refractivity contribution in [1.29, 1.82) is 0 Å². The molecule has 2 aromatic carbocycles. The summed E-state index contributed by atoms with van der Waals surface area (Å²) in [5, 5.41) is -0.300. The summed E-state index contributed by atoms with van der Waals surface area (Å²) in [6.07, 6.45) is 0. The highest BCUT2D eigenvalue weighted by molar-refractivity contribution is 9.10. The Morgan fingerprint density at radius 2 is 1.81 bits per heavy atom. The number of halogens is 2. The summed E-state index contributed by atoms with van der Waals surface area (Å²) >= 11 is 10.3. The Hall–Kier alpha value is -1.19. The van der Waals surface area contributed by atoms with Gasteiger partial charge in [0.05, 0.1) is 19.6 Å². The predicted octanol–water partition coefficient (Wildman–Crippen LogP) is 5.41. The van der Waals surface area contributed by atoms with Crippen LogP contribution >= 0.6 is 27.5 Å². The highest BCUT2D eigenvalue weighted by Gasteiger charge is 2.22. The van der Waals surface area contributed by atoms with Crippen LogP contribution in [0.15, 0.2) is 34.8 Å². The SMILES string of the molecule is COc1cccc(C(Cl)c2c(C)c(Br)cc(C)c2OC)c1. The summed E-state index contributed by atoms with van der Waals surface area (Å²) in [4.78, 5) is 0. The van der Waals surface area contributed by atoms with Crippen molar-refractivity contribution in [3.8, 4) is 11.5 Å². The first-order valence-corrected chi connectivity index (χ1v) is 7.84. The van der Waals surface area contributed by atoms with Crippen LogP contribution in [0.5, 0.6) is 11.5 Å². The molecule has 1 atom stereocenters. The van der Waals surface area contributed by atoms with Gasteiger partial charge in [-0.3, -0.25) is 0 Å². The lowest BCUT2D eigenvalue weighted by Crippen LogP contribution is -2.03. The fraction of sp³-hybridized carbons (Fsp3) is 0.294. The molecule has 0 radical (unpaired) electrons. The molecule has 2 rings (SSSR count). The van der Waals surface area contributed by atoms with E-state index >= 15 is 0 Å². The zero-order valence-electron chi connectivity index (χ0n) is 12.5. The van der Waals surface area contributed by atoms with Gasteiger partial charge in [-0.2, -0.15) is 0 Å². The van der Waals surface area contributed by atoms with Gasteiger partial charge in [-0.05, 0) is 48.7 Å². The van der Waals surface area contributed by atoms with Crippen LogP contribution in [0.1, 0.15) is 27.6 Å². The topological polar surface area (TPSA) is 18.5 Å². The Bertz CT molecular complexity index is 655. The van der Waals surface area contributed by atoms with Gasteiger partial charge in [-0.15, -0.1) is 11.6 Å². The Labute approximate surface area is 139 Å². The summed E-state index contributed by atoms with van der Waals surface area (Å²) in [6.45, 7) is 4.05. The van der Waals surface area contributed by atoms with Crippen LogP contribution in [0.3, 0.4) is 0 Å². The van der Waals surface area contributed by atoms with Crippen LogP contribution in [-0.4, -0.2) is 14.2 Å². The lowest BCUT2D eigenvalue weighted by Gasteiger charge is -2.20. The van der Waals surface area contributed by atoms with Crippen molar-refractivity contribution in [3.05, 3.63) is 57.1 Å². The molecule has 0 N–H and O–H groups in total. The molecule has 112 valence electrons. The van der Waals surface area contributed by atoms with Gasteiger partial charge < -0.3 is 9.47 Å². The zero-order valence-corrected chi connectivity index (χ0v) is 14.9. The minimum absolute atomic E-state index is 0.300. The fourth-order valence-corrected chi connectivity index (χ4v) is 3.37. The molecule has 0 fully saturated rings. The van der Waals surface area contributed by atoms with Crippen molar-refractivity contribution in [3.63, 3.8) is 0 Å². The number of methoxy groups -OCH3 is 2. The molecule has 21 heavy (non-hydrogen) atoms. The maximum Gasteiger partial charge on any atom is 0.127 e.